The Labute approximate surface area is 165 Å². The first-order valence-electron chi connectivity index (χ1n) is 8.44. The van der Waals surface area contributed by atoms with E-state index in [9.17, 15) is 14.4 Å². The molecule has 3 amide bonds. The lowest BCUT2D eigenvalue weighted by molar-refractivity contribution is -0.119. The Bertz CT molecular complexity index is 886. The number of benzene rings is 2. The smallest absolute Gasteiger partial charge is 0.269 e. The van der Waals surface area contributed by atoms with E-state index in [0.717, 1.165) is 17.3 Å². The maximum absolute atomic E-state index is 12.1. The van der Waals surface area contributed by atoms with Crippen LogP contribution in [0.1, 0.15) is 15.9 Å². The van der Waals surface area contributed by atoms with E-state index < -0.39 is 11.8 Å². The second-order valence-corrected chi connectivity index (χ2v) is 6.96. The number of amides is 3. The third kappa shape index (κ3) is 5.40. The molecule has 146 valence electrons. The van der Waals surface area contributed by atoms with Gasteiger partial charge in [-0.3, -0.25) is 25.2 Å². The first kappa shape index (κ1) is 19.6. The van der Waals surface area contributed by atoms with Crippen LogP contribution in [0.3, 0.4) is 0 Å². The standard InChI is InChI=1S/C19H19N3O5S/c1-12-2-5-14(6-3-12)20-17(23)9-28-10-18(24)21-22-19(25)13-4-7-15-16(8-13)27-11-26-15/h2-8H,9-11H2,1H3,(H,20,23)(H,21,24)(H,22,25). The average molecular weight is 401 g/mol. The van der Waals surface area contributed by atoms with Gasteiger partial charge in [0.2, 0.25) is 18.6 Å². The highest BCUT2D eigenvalue weighted by Crippen LogP contribution is 2.32. The molecule has 0 spiro atoms. The summed E-state index contributed by atoms with van der Waals surface area (Å²) in [6.45, 7) is 2.08. The fourth-order valence-corrected chi connectivity index (χ4v) is 2.96. The van der Waals surface area contributed by atoms with Gasteiger partial charge in [-0.05, 0) is 37.3 Å². The van der Waals surface area contributed by atoms with Gasteiger partial charge in [-0.1, -0.05) is 17.7 Å². The van der Waals surface area contributed by atoms with E-state index in [1.54, 1.807) is 12.1 Å². The van der Waals surface area contributed by atoms with Crippen LogP contribution in [0.4, 0.5) is 5.69 Å². The van der Waals surface area contributed by atoms with Gasteiger partial charge in [0.25, 0.3) is 5.91 Å². The van der Waals surface area contributed by atoms with Crippen molar-refractivity contribution in [2.45, 2.75) is 6.92 Å². The first-order chi connectivity index (χ1) is 13.5. The molecular formula is C19H19N3O5S. The zero-order valence-corrected chi connectivity index (χ0v) is 15.9. The summed E-state index contributed by atoms with van der Waals surface area (Å²) in [7, 11) is 0. The number of ether oxygens (including phenoxy) is 2. The average Bonchev–Trinajstić information content (AvgIpc) is 3.15. The number of thioether (sulfide) groups is 1. The van der Waals surface area contributed by atoms with Gasteiger partial charge in [-0.25, -0.2) is 0 Å². The molecule has 0 unspecified atom stereocenters. The van der Waals surface area contributed by atoms with Gasteiger partial charge in [-0.15, -0.1) is 11.8 Å². The molecule has 9 heteroatoms. The third-order valence-electron chi connectivity index (χ3n) is 3.75. The number of hydrogen-bond donors (Lipinski definition) is 3. The summed E-state index contributed by atoms with van der Waals surface area (Å²) in [5.41, 5.74) is 6.78. The Morgan fingerprint density at radius 1 is 0.929 bits per heavy atom. The highest BCUT2D eigenvalue weighted by molar-refractivity contribution is 8.00. The highest BCUT2D eigenvalue weighted by Gasteiger charge is 2.16. The monoisotopic (exact) mass is 401 g/mol. The van der Waals surface area contributed by atoms with Crippen LogP contribution in [0, 0.1) is 6.92 Å². The van der Waals surface area contributed by atoms with Crippen molar-refractivity contribution < 1.29 is 23.9 Å². The van der Waals surface area contributed by atoms with E-state index in [2.05, 4.69) is 16.2 Å². The van der Waals surface area contributed by atoms with Crippen LogP contribution in [-0.4, -0.2) is 36.0 Å². The van der Waals surface area contributed by atoms with Crippen molar-refractivity contribution >= 4 is 35.2 Å². The SMILES string of the molecule is Cc1ccc(NC(=O)CSCC(=O)NNC(=O)c2ccc3c(c2)OCO3)cc1. The Balaban J connectivity index is 1.35. The predicted molar refractivity (Wildman–Crippen MR) is 105 cm³/mol. The van der Waals surface area contributed by atoms with Crippen LogP contribution in [0.5, 0.6) is 11.5 Å². The molecule has 2 aromatic carbocycles. The van der Waals surface area contributed by atoms with Gasteiger partial charge >= 0.3 is 0 Å². The van der Waals surface area contributed by atoms with Crippen molar-refractivity contribution in [3.63, 3.8) is 0 Å². The van der Waals surface area contributed by atoms with E-state index in [1.165, 1.54) is 6.07 Å². The number of rotatable bonds is 6. The summed E-state index contributed by atoms with van der Waals surface area (Å²) in [4.78, 5) is 35.8. The van der Waals surface area contributed by atoms with Gasteiger partial charge in [0.05, 0.1) is 11.5 Å². The van der Waals surface area contributed by atoms with E-state index in [-0.39, 0.29) is 24.2 Å². The molecule has 0 radical (unpaired) electrons. The molecule has 0 fully saturated rings. The molecule has 1 aliphatic heterocycles. The molecule has 1 aliphatic rings. The second kappa shape index (κ2) is 9.14. The number of nitrogens with one attached hydrogen (secondary N) is 3. The number of hydrogen-bond acceptors (Lipinski definition) is 6. The van der Waals surface area contributed by atoms with Gasteiger partial charge in [0, 0.05) is 11.3 Å². The Kier molecular flexibility index (Phi) is 6.38. The molecule has 0 atom stereocenters. The second-order valence-electron chi connectivity index (χ2n) is 5.98. The van der Waals surface area contributed by atoms with Crippen molar-refractivity contribution in [1.29, 1.82) is 0 Å². The summed E-state index contributed by atoms with van der Waals surface area (Å²) in [5.74, 6) is 0.109. The number of hydrazine groups is 1. The van der Waals surface area contributed by atoms with E-state index in [0.29, 0.717) is 22.7 Å². The number of carbonyl (C=O) groups excluding carboxylic acids is 3. The van der Waals surface area contributed by atoms with Crippen molar-refractivity contribution in [2.75, 3.05) is 23.6 Å². The van der Waals surface area contributed by atoms with Gasteiger partial charge < -0.3 is 14.8 Å². The lowest BCUT2D eigenvalue weighted by Crippen LogP contribution is -2.42. The molecule has 3 N–H and O–H groups in total. The minimum atomic E-state index is -0.478. The number of anilines is 1. The Morgan fingerprint density at radius 2 is 1.64 bits per heavy atom. The molecule has 0 bridgehead atoms. The molecule has 28 heavy (non-hydrogen) atoms. The first-order valence-corrected chi connectivity index (χ1v) is 9.60. The van der Waals surface area contributed by atoms with Crippen LogP contribution in [0.25, 0.3) is 0 Å². The van der Waals surface area contributed by atoms with E-state index in [4.69, 9.17) is 9.47 Å². The maximum atomic E-state index is 12.1. The lowest BCUT2D eigenvalue weighted by Gasteiger charge is -2.08. The third-order valence-corrected chi connectivity index (χ3v) is 4.68. The molecule has 0 saturated heterocycles. The zero-order chi connectivity index (χ0) is 19.9. The summed E-state index contributed by atoms with van der Waals surface area (Å²) in [6, 6.07) is 12.2. The number of fused-ring (bicyclic) bond motifs is 1. The fourth-order valence-electron chi connectivity index (χ4n) is 2.34. The molecule has 3 rings (SSSR count). The molecule has 8 nitrogen and oxygen atoms in total. The van der Waals surface area contributed by atoms with Gasteiger partial charge in [-0.2, -0.15) is 0 Å². The van der Waals surface area contributed by atoms with Crippen LogP contribution in [0.2, 0.25) is 0 Å². The van der Waals surface area contributed by atoms with Crippen molar-refractivity contribution in [3.8, 4) is 11.5 Å². The molecule has 2 aromatic rings. The minimum absolute atomic E-state index is 0.0305. The molecule has 0 aliphatic carbocycles. The summed E-state index contributed by atoms with van der Waals surface area (Å²) in [6.07, 6.45) is 0. The van der Waals surface area contributed by atoms with Crippen LogP contribution < -0.4 is 25.6 Å². The normalized spacial score (nSPS) is 11.6. The summed E-state index contributed by atoms with van der Waals surface area (Å²) >= 11 is 1.14. The van der Waals surface area contributed by atoms with Crippen LogP contribution >= 0.6 is 11.8 Å². The topological polar surface area (TPSA) is 106 Å². The molecule has 0 saturated carbocycles. The van der Waals surface area contributed by atoms with Gasteiger partial charge in [0.15, 0.2) is 11.5 Å². The van der Waals surface area contributed by atoms with Crippen molar-refractivity contribution in [3.05, 3.63) is 53.6 Å². The number of aryl methyl sites for hydroxylation is 1. The summed E-state index contributed by atoms with van der Waals surface area (Å²) in [5, 5.41) is 2.75. The van der Waals surface area contributed by atoms with Crippen LogP contribution in [0.15, 0.2) is 42.5 Å². The van der Waals surface area contributed by atoms with E-state index >= 15 is 0 Å². The minimum Gasteiger partial charge on any atom is -0.454 e. The Morgan fingerprint density at radius 3 is 2.43 bits per heavy atom. The lowest BCUT2D eigenvalue weighted by atomic mass is 10.2. The highest BCUT2D eigenvalue weighted by atomic mass is 32.2. The quantitative estimate of drug-likeness (QED) is 0.638. The van der Waals surface area contributed by atoms with Crippen LogP contribution in [-0.2, 0) is 9.59 Å². The largest absolute Gasteiger partial charge is 0.454 e. The van der Waals surface area contributed by atoms with Gasteiger partial charge in [0.1, 0.15) is 0 Å². The molecule has 0 aromatic heterocycles. The predicted octanol–water partition coefficient (Wildman–Crippen LogP) is 1.86. The fraction of sp³-hybridized carbons (Fsp3) is 0.211. The molecule has 1 heterocycles. The zero-order valence-electron chi connectivity index (χ0n) is 15.1. The Hall–Kier alpha value is -3.20. The number of carbonyl (C=O) groups is 3. The maximum Gasteiger partial charge on any atom is 0.269 e. The van der Waals surface area contributed by atoms with Crippen molar-refractivity contribution in [2.24, 2.45) is 0 Å². The molecular weight excluding hydrogens is 382 g/mol. The van der Waals surface area contributed by atoms with E-state index in [1.807, 2.05) is 31.2 Å². The summed E-state index contributed by atoms with van der Waals surface area (Å²) < 4.78 is 10.4. The van der Waals surface area contributed by atoms with Crippen molar-refractivity contribution in [1.82, 2.24) is 10.9 Å².